The van der Waals surface area contributed by atoms with Crippen molar-refractivity contribution < 1.29 is 14.7 Å². The Balaban J connectivity index is 4.73. The molecule has 0 spiro atoms. The smallest absolute Gasteiger partial charge is 0.307 e. The fourth-order valence-electron chi connectivity index (χ4n) is 1.38. The van der Waals surface area contributed by atoms with Gasteiger partial charge in [0.25, 0.3) is 0 Å². The number of carbonyl (C=O) groups excluding carboxylic acids is 1. The van der Waals surface area contributed by atoms with E-state index in [-0.39, 0.29) is 11.9 Å². The number of hydrogen-bond donors (Lipinski definition) is 1. The molecule has 4 heteroatoms. The molecule has 0 bridgehead atoms. The molecule has 2 unspecified atom stereocenters. The van der Waals surface area contributed by atoms with Crippen LogP contribution in [0.2, 0.25) is 0 Å². The highest BCUT2D eigenvalue weighted by atomic mass is 16.4. The molecule has 0 aromatic carbocycles. The van der Waals surface area contributed by atoms with Crippen LogP contribution in [0.1, 0.15) is 27.7 Å². The summed E-state index contributed by atoms with van der Waals surface area (Å²) in [7, 11) is 0. The zero-order chi connectivity index (χ0) is 12.9. The lowest BCUT2D eigenvalue weighted by molar-refractivity contribution is -0.149. The van der Waals surface area contributed by atoms with Gasteiger partial charge in [0.2, 0.25) is 5.91 Å². The summed E-state index contributed by atoms with van der Waals surface area (Å²) < 4.78 is 0. The van der Waals surface area contributed by atoms with Crippen molar-refractivity contribution in [2.75, 3.05) is 6.54 Å². The summed E-state index contributed by atoms with van der Waals surface area (Å²) in [6.45, 7) is 11.1. The van der Waals surface area contributed by atoms with Gasteiger partial charge in [-0.25, -0.2) is 0 Å². The first kappa shape index (κ1) is 14.7. The predicted molar refractivity (Wildman–Crippen MR) is 63.0 cm³/mol. The van der Waals surface area contributed by atoms with Crippen LogP contribution in [-0.2, 0) is 9.59 Å². The molecule has 92 valence electrons. The second kappa shape index (κ2) is 6.30. The first-order valence-electron chi connectivity index (χ1n) is 5.47. The van der Waals surface area contributed by atoms with Crippen molar-refractivity contribution in [3.05, 3.63) is 12.7 Å². The Morgan fingerprint density at radius 1 is 1.25 bits per heavy atom. The summed E-state index contributed by atoms with van der Waals surface area (Å²) in [5.41, 5.74) is 0. The first-order valence-corrected chi connectivity index (χ1v) is 5.47. The van der Waals surface area contributed by atoms with E-state index in [2.05, 4.69) is 6.58 Å². The van der Waals surface area contributed by atoms with Gasteiger partial charge in [-0.1, -0.05) is 19.9 Å². The van der Waals surface area contributed by atoms with Crippen molar-refractivity contribution in [2.24, 2.45) is 11.8 Å². The number of amides is 1. The van der Waals surface area contributed by atoms with Crippen molar-refractivity contribution in [3.63, 3.8) is 0 Å². The van der Waals surface area contributed by atoms with Gasteiger partial charge in [-0.2, -0.15) is 0 Å². The SMILES string of the molecule is C=CCN(C(=O)C(C)C(C)C(=O)O)C(C)C. The number of rotatable bonds is 6. The zero-order valence-electron chi connectivity index (χ0n) is 10.4. The van der Waals surface area contributed by atoms with Gasteiger partial charge in [0.1, 0.15) is 0 Å². The lowest BCUT2D eigenvalue weighted by atomic mass is 9.94. The quantitative estimate of drug-likeness (QED) is 0.703. The molecule has 0 aliphatic rings. The number of hydrogen-bond acceptors (Lipinski definition) is 2. The summed E-state index contributed by atoms with van der Waals surface area (Å²) >= 11 is 0. The first-order chi connectivity index (χ1) is 7.32. The van der Waals surface area contributed by atoms with Gasteiger partial charge in [-0.05, 0) is 13.8 Å². The summed E-state index contributed by atoms with van der Waals surface area (Å²) in [5, 5.41) is 8.86. The lowest BCUT2D eigenvalue weighted by Crippen LogP contribution is -2.43. The summed E-state index contributed by atoms with van der Waals surface area (Å²) in [4.78, 5) is 24.5. The normalized spacial score (nSPS) is 14.3. The Hall–Kier alpha value is -1.32. The van der Waals surface area contributed by atoms with E-state index in [0.29, 0.717) is 6.54 Å². The van der Waals surface area contributed by atoms with Crippen molar-refractivity contribution in [3.8, 4) is 0 Å². The number of carboxylic acid groups (broad SMARTS) is 1. The van der Waals surface area contributed by atoms with E-state index in [1.807, 2.05) is 13.8 Å². The Morgan fingerprint density at radius 2 is 1.75 bits per heavy atom. The third-order valence-electron chi connectivity index (χ3n) is 2.76. The zero-order valence-corrected chi connectivity index (χ0v) is 10.4. The average molecular weight is 227 g/mol. The molecular weight excluding hydrogens is 206 g/mol. The minimum Gasteiger partial charge on any atom is -0.481 e. The second-order valence-corrected chi connectivity index (χ2v) is 4.29. The van der Waals surface area contributed by atoms with E-state index >= 15 is 0 Å². The van der Waals surface area contributed by atoms with Crippen LogP contribution < -0.4 is 0 Å². The molecule has 0 saturated heterocycles. The Morgan fingerprint density at radius 3 is 2.06 bits per heavy atom. The minimum absolute atomic E-state index is 0.0499. The molecule has 0 rings (SSSR count). The molecule has 16 heavy (non-hydrogen) atoms. The molecule has 0 aromatic heterocycles. The van der Waals surface area contributed by atoms with Gasteiger partial charge < -0.3 is 10.0 Å². The van der Waals surface area contributed by atoms with Crippen molar-refractivity contribution >= 4 is 11.9 Å². The lowest BCUT2D eigenvalue weighted by Gasteiger charge is -2.29. The van der Waals surface area contributed by atoms with Gasteiger partial charge in [-0.15, -0.1) is 6.58 Å². The molecular formula is C12H21NO3. The van der Waals surface area contributed by atoms with Crippen LogP contribution in [0, 0.1) is 11.8 Å². The predicted octanol–water partition coefficient (Wildman–Crippen LogP) is 1.77. The summed E-state index contributed by atoms with van der Waals surface area (Å²) in [6, 6.07) is 0.0499. The molecule has 2 atom stereocenters. The number of aliphatic carboxylic acids is 1. The van der Waals surface area contributed by atoms with Gasteiger partial charge in [-0.3, -0.25) is 9.59 Å². The van der Waals surface area contributed by atoms with Gasteiger partial charge in [0.05, 0.1) is 5.92 Å². The molecule has 0 aliphatic heterocycles. The standard InChI is InChI=1S/C12H21NO3/c1-6-7-13(8(2)3)11(14)9(4)10(5)12(15)16/h6,8-10H,1,7H2,2-5H3,(H,15,16). The third-order valence-corrected chi connectivity index (χ3v) is 2.76. The Kier molecular flexibility index (Phi) is 5.78. The van der Waals surface area contributed by atoms with E-state index in [0.717, 1.165) is 0 Å². The van der Waals surface area contributed by atoms with Crippen LogP contribution in [0.4, 0.5) is 0 Å². The summed E-state index contributed by atoms with van der Waals surface area (Å²) in [6.07, 6.45) is 1.65. The van der Waals surface area contributed by atoms with E-state index in [1.54, 1.807) is 24.8 Å². The molecule has 0 saturated carbocycles. The van der Waals surface area contributed by atoms with Gasteiger partial charge >= 0.3 is 5.97 Å². The topological polar surface area (TPSA) is 57.6 Å². The number of nitrogens with zero attached hydrogens (tertiary/aromatic N) is 1. The average Bonchev–Trinajstić information content (AvgIpc) is 2.22. The fourth-order valence-corrected chi connectivity index (χ4v) is 1.38. The van der Waals surface area contributed by atoms with E-state index in [1.165, 1.54) is 0 Å². The van der Waals surface area contributed by atoms with E-state index in [9.17, 15) is 9.59 Å². The maximum Gasteiger partial charge on any atom is 0.307 e. The Bertz CT molecular complexity index is 273. The maximum atomic E-state index is 12.0. The highest BCUT2D eigenvalue weighted by molar-refractivity contribution is 5.84. The molecule has 0 radical (unpaired) electrons. The van der Waals surface area contributed by atoms with Crippen molar-refractivity contribution in [1.29, 1.82) is 0 Å². The molecule has 4 nitrogen and oxygen atoms in total. The second-order valence-electron chi connectivity index (χ2n) is 4.29. The highest BCUT2D eigenvalue weighted by Gasteiger charge is 2.29. The van der Waals surface area contributed by atoms with Crippen LogP contribution in [0.3, 0.4) is 0 Å². The number of carbonyl (C=O) groups is 2. The van der Waals surface area contributed by atoms with E-state index < -0.39 is 17.8 Å². The third kappa shape index (κ3) is 3.68. The van der Waals surface area contributed by atoms with E-state index in [4.69, 9.17) is 5.11 Å². The molecule has 0 heterocycles. The van der Waals surface area contributed by atoms with Gasteiger partial charge in [0.15, 0.2) is 0 Å². The fraction of sp³-hybridized carbons (Fsp3) is 0.667. The molecule has 1 amide bonds. The summed E-state index contributed by atoms with van der Waals surface area (Å²) in [5.74, 6) is -2.26. The van der Waals surface area contributed by atoms with Crippen LogP contribution in [0.5, 0.6) is 0 Å². The van der Waals surface area contributed by atoms with Crippen molar-refractivity contribution in [1.82, 2.24) is 4.90 Å². The monoisotopic (exact) mass is 227 g/mol. The molecule has 0 fully saturated rings. The highest BCUT2D eigenvalue weighted by Crippen LogP contribution is 2.16. The van der Waals surface area contributed by atoms with Crippen LogP contribution >= 0.6 is 0 Å². The number of carboxylic acids is 1. The molecule has 0 aliphatic carbocycles. The Labute approximate surface area is 96.9 Å². The van der Waals surface area contributed by atoms with Crippen molar-refractivity contribution in [2.45, 2.75) is 33.7 Å². The van der Waals surface area contributed by atoms with Crippen LogP contribution in [-0.4, -0.2) is 34.5 Å². The maximum absolute atomic E-state index is 12.0. The molecule has 1 N–H and O–H groups in total. The van der Waals surface area contributed by atoms with Gasteiger partial charge in [0, 0.05) is 18.5 Å². The van der Waals surface area contributed by atoms with Crippen LogP contribution in [0.15, 0.2) is 12.7 Å². The largest absolute Gasteiger partial charge is 0.481 e. The molecule has 0 aromatic rings. The minimum atomic E-state index is -0.942. The van der Waals surface area contributed by atoms with Crippen LogP contribution in [0.25, 0.3) is 0 Å².